The number of aliphatic hydroxyl groups is 2. The van der Waals surface area contributed by atoms with E-state index in [0.29, 0.717) is 33.8 Å². The lowest BCUT2D eigenvalue weighted by Gasteiger charge is -2.11. The maximum Gasteiger partial charge on any atom is 0.166 e. The molecule has 7 nitrogen and oxygen atoms in total. The van der Waals surface area contributed by atoms with Crippen molar-refractivity contribution in [3.8, 4) is 11.5 Å². The van der Waals surface area contributed by atoms with Crippen LogP contribution in [0.3, 0.4) is 0 Å². The van der Waals surface area contributed by atoms with Crippen molar-refractivity contribution < 1.29 is 34.1 Å². The molecule has 35 heavy (non-hydrogen) atoms. The van der Waals surface area contributed by atoms with Crippen LogP contribution in [0.5, 0.6) is 11.5 Å². The van der Waals surface area contributed by atoms with E-state index in [0.717, 1.165) is 12.8 Å². The highest BCUT2D eigenvalue weighted by molar-refractivity contribution is 6.15. The molecule has 0 aliphatic heterocycles. The van der Waals surface area contributed by atoms with E-state index in [1.54, 1.807) is 48.6 Å². The number of rotatable bonds is 13. The number of allylic oxidation sites excluding steroid dienone is 2. The van der Waals surface area contributed by atoms with Gasteiger partial charge in [0.15, 0.2) is 23.1 Å². The first-order valence-corrected chi connectivity index (χ1v) is 11.4. The molecule has 0 spiro atoms. The van der Waals surface area contributed by atoms with Crippen LogP contribution in [0.2, 0.25) is 0 Å². The average molecular weight is 479 g/mol. The van der Waals surface area contributed by atoms with Gasteiger partial charge in [0.25, 0.3) is 0 Å². The van der Waals surface area contributed by atoms with Crippen LogP contribution >= 0.6 is 0 Å². The Hall–Kier alpha value is -3.55. The van der Waals surface area contributed by atoms with Crippen molar-refractivity contribution in [3.63, 3.8) is 0 Å². The zero-order valence-electron chi connectivity index (χ0n) is 19.9. The summed E-state index contributed by atoms with van der Waals surface area (Å²) in [6.07, 6.45) is 7.20. The number of carbonyl (C=O) groups is 3. The Morgan fingerprint density at radius 3 is 1.97 bits per heavy atom. The molecule has 1 unspecified atom stereocenters. The van der Waals surface area contributed by atoms with E-state index in [2.05, 4.69) is 0 Å². The number of ketones is 3. The minimum atomic E-state index is -1.11. The summed E-state index contributed by atoms with van der Waals surface area (Å²) < 4.78 is 10.5. The van der Waals surface area contributed by atoms with E-state index >= 15 is 0 Å². The number of aliphatic hydroxyl groups excluding tert-OH is 2. The summed E-state index contributed by atoms with van der Waals surface area (Å²) in [5, 5.41) is 18.8. The van der Waals surface area contributed by atoms with E-state index < -0.39 is 17.5 Å². The molecule has 0 heterocycles. The second kappa shape index (κ2) is 12.2. The molecule has 7 heteroatoms. The third kappa shape index (κ3) is 6.97. The van der Waals surface area contributed by atoms with E-state index in [1.165, 1.54) is 26.4 Å². The molecular formula is C28H30O7. The quantitative estimate of drug-likeness (QED) is 0.335. The van der Waals surface area contributed by atoms with Crippen molar-refractivity contribution >= 4 is 29.5 Å². The monoisotopic (exact) mass is 478 g/mol. The smallest absolute Gasteiger partial charge is 0.166 e. The van der Waals surface area contributed by atoms with Gasteiger partial charge >= 0.3 is 0 Å². The predicted molar refractivity (Wildman–Crippen MR) is 132 cm³/mol. The number of hydrogen-bond donors (Lipinski definition) is 2. The van der Waals surface area contributed by atoms with Crippen molar-refractivity contribution in [1.82, 2.24) is 0 Å². The van der Waals surface area contributed by atoms with E-state index in [1.807, 2.05) is 0 Å². The van der Waals surface area contributed by atoms with E-state index in [4.69, 9.17) is 9.47 Å². The van der Waals surface area contributed by atoms with Crippen LogP contribution in [-0.4, -0.2) is 41.8 Å². The van der Waals surface area contributed by atoms with Gasteiger partial charge in [0.1, 0.15) is 5.78 Å². The molecule has 184 valence electrons. The summed E-state index contributed by atoms with van der Waals surface area (Å²) in [7, 11) is 3.05. The molecule has 0 radical (unpaired) electrons. The van der Waals surface area contributed by atoms with Crippen LogP contribution in [0.4, 0.5) is 0 Å². The molecule has 2 N–H and O–H groups in total. The second-order valence-corrected chi connectivity index (χ2v) is 8.43. The number of hydrogen-bond acceptors (Lipinski definition) is 7. The normalized spacial score (nSPS) is 14.3. The van der Waals surface area contributed by atoms with Crippen molar-refractivity contribution in [2.24, 2.45) is 11.8 Å². The minimum Gasteiger partial charge on any atom is -0.493 e. The first-order valence-electron chi connectivity index (χ1n) is 11.4. The molecule has 0 aromatic heterocycles. The molecule has 3 rings (SSSR count). The number of ether oxygens (including phenoxy) is 2. The third-order valence-electron chi connectivity index (χ3n) is 5.98. The summed E-state index contributed by atoms with van der Waals surface area (Å²) in [5.74, 6) is -1.08. The summed E-state index contributed by atoms with van der Waals surface area (Å²) in [5.41, 5.74) is 2.47. The highest BCUT2D eigenvalue weighted by Crippen LogP contribution is 2.32. The Morgan fingerprint density at radius 1 is 0.857 bits per heavy atom. The van der Waals surface area contributed by atoms with Gasteiger partial charge in [0, 0.05) is 12.3 Å². The predicted octanol–water partition coefficient (Wildman–Crippen LogP) is 3.54. The van der Waals surface area contributed by atoms with Crippen LogP contribution < -0.4 is 9.47 Å². The van der Waals surface area contributed by atoms with Crippen molar-refractivity contribution in [2.45, 2.75) is 32.5 Å². The van der Waals surface area contributed by atoms with Gasteiger partial charge in [-0.05, 0) is 65.4 Å². The standard InChI is InChI=1S/C28H30O7/c1-34-27-12-6-19(14-28(27)35-2)5-11-25(32)23(15-26(33)20-8-9-20)24(31)10-4-18-3-7-21(16-29)22(13-18)17-30/h3-7,10-14,20,23,29-30H,8-9,15-17H2,1-2H3/b10-4+,11-5+. The molecule has 1 fully saturated rings. The highest BCUT2D eigenvalue weighted by Gasteiger charge is 2.34. The molecular weight excluding hydrogens is 448 g/mol. The Labute approximate surface area is 204 Å². The molecule has 0 bridgehead atoms. The van der Waals surface area contributed by atoms with Crippen LogP contribution in [0.1, 0.15) is 41.5 Å². The molecule has 1 atom stereocenters. The van der Waals surface area contributed by atoms with Gasteiger partial charge in [-0.15, -0.1) is 0 Å². The second-order valence-electron chi connectivity index (χ2n) is 8.43. The fourth-order valence-corrected chi connectivity index (χ4v) is 3.71. The third-order valence-corrected chi connectivity index (χ3v) is 5.98. The minimum absolute atomic E-state index is 0.0601. The molecule has 2 aromatic rings. The van der Waals surface area contributed by atoms with Crippen LogP contribution in [0.25, 0.3) is 12.2 Å². The van der Waals surface area contributed by atoms with Crippen LogP contribution in [0, 0.1) is 11.8 Å². The van der Waals surface area contributed by atoms with Gasteiger partial charge < -0.3 is 19.7 Å². The van der Waals surface area contributed by atoms with Crippen molar-refractivity contribution in [2.75, 3.05) is 14.2 Å². The highest BCUT2D eigenvalue weighted by atomic mass is 16.5. The van der Waals surface area contributed by atoms with Gasteiger partial charge in [-0.3, -0.25) is 14.4 Å². The maximum atomic E-state index is 13.0. The summed E-state index contributed by atoms with van der Waals surface area (Å²) in [4.78, 5) is 38.4. The first-order chi connectivity index (χ1) is 16.9. The average Bonchev–Trinajstić information content (AvgIpc) is 3.74. The maximum absolute atomic E-state index is 13.0. The molecule has 1 aliphatic rings. The zero-order valence-corrected chi connectivity index (χ0v) is 19.9. The molecule has 2 aromatic carbocycles. The molecule has 0 saturated heterocycles. The Kier molecular flexibility index (Phi) is 9.11. The Bertz CT molecular complexity index is 1060. The Balaban J connectivity index is 1.79. The summed E-state index contributed by atoms with van der Waals surface area (Å²) in [6, 6.07) is 10.2. The van der Waals surface area contributed by atoms with Gasteiger partial charge in [0.05, 0.1) is 33.4 Å². The fourth-order valence-electron chi connectivity index (χ4n) is 3.71. The summed E-state index contributed by atoms with van der Waals surface area (Å²) in [6.45, 7) is -0.450. The lowest BCUT2D eigenvalue weighted by Crippen LogP contribution is -2.25. The van der Waals surface area contributed by atoms with Gasteiger partial charge in [0.2, 0.25) is 0 Å². The molecule has 1 aliphatic carbocycles. The number of methoxy groups -OCH3 is 2. The van der Waals surface area contributed by atoms with Gasteiger partial charge in [-0.1, -0.05) is 30.4 Å². The molecule has 0 amide bonds. The lowest BCUT2D eigenvalue weighted by molar-refractivity contribution is -0.132. The lowest BCUT2D eigenvalue weighted by atomic mass is 9.90. The van der Waals surface area contributed by atoms with Gasteiger partial charge in [-0.2, -0.15) is 0 Å². The van der Waals surface area contributed by atoms with Crippen molar-refractivity contribution in [3.05, 3.63) is 70.8 Å². The fraction of sp³-hybridized carbons (Fsp3) is 0.321. The first kappa shape index (κ1) is 26.1. The summed E-state index contributed by atoms with van der Waals surface area (Å²) >= 11 is 0. The number of benzene rings is 2. The van der Waals surface area contributed by atoms with Crippen molar-refractivity contribution in [1.29, 1.82) is 0 Å². The largest absolute Gasteiger partial charge is 0.493 e. The molecule has 1 saturated carbocycles. The van der Waals surface area contributed by atoms with E-state index in [9.17, 15) is 24.6 Å². The zero-order chi connectivity index (χ0) is 25.4. The number of carbonyl (C=O) groups excluding carboxylic acids is 3. The SMILES string of the molecule is COc1ccc(/C=C/C(=O)C(CC(=O)C2CC2)C(=O)/C=C/c2ccc(CO)c(CO)c2)cc1OC. The number of Topliss-reactive ketones (excluding diaryl/α,β-unsaturated/α-hetero) is 1. The Morgan fingerprint density at radius 2 is 1.43 bits per heavy atom. The van der Waals surface area contributed by atoms with Crippen LogP contribution in [0.15, 0.2) is 48.6 Å². The van der Waals surface area contributed by atoms with E-state index in [-0.39, 0.29) is 31.3 Å². The van der Waals surface area contributed by atoms with Crippen LogP contribution in [-0.2, 0) is 27.6 Å². The van der Waals surface area contributed by atoms with Gasteiger partial charge in [-0.25, -0.2) is 0 Å². The topological polar surface area (TPSA) is 110 Å².